The normalized spacial score (nSPS) is 12.2. The third-order valence-corrected chi connectivity index (χ3v) is 3.26. The fraction of sp³-hybridized carbons (Fsp3) is 0.273. The first-order valence-electron chi connectivity index (χ1n) is 5.59. The van der Waals surface area contributed by atoms with Crippen LogP contribution in [0.15, 0.2) is 23.1 Å². The Kier molecular flexibility index (Phi) is 4.49. The Balaban J connectivity index is 2.18. The molecule has 0 aliphatic carbocycles. The maximum atomic E-state index is 12.2. The lowest BCUT2D eigenvalue weighted by Gasteiger charge is -2.14. The summed E-state index contributed by atoms with van der Waals surface area (Å²) in [6.07, 6.45) is 3.62. The minimum Gasteiger partial charge on any atom is -0.342 e. The molecule has 2 heterocycles. The SMILES string of the molecule is CCC(NC(=O)c1cc(Br)cnc1Cl)c1ncn[nH]1. The number of hydrogen-bond acceptors (Lipinski definition) is 4. The van der Waals surface area contributed by atoms with E-state index in [-0.39, 0.29) is 17.1 Å². The molecule has 0 saturated heterocycles. The molecule has 0 aliphatic rings. The number of aromatic amines is 1. The van der Waals surface area contributed by atoms with Crippen molar-refractivity contribution >= 4 is 33.4 Å². The van der Waals surface area contributed by atoms with E-state index in [0.29, 0.717) is 22.3 Å². The maximum absolute atomic E-state index is 12.2. The third kappa shape index (κ3) is 3.30. The summed E-state index contributed by atoms with van der Waals surface area (Å²) in [5.74, 6) is 0.303. The Hall–Kier alpha value is -1.47. The molecule has 0 bridgehead atoms. The quantitative estimate of drug-likeness (QED) is 0.835. The van der Waals surface area contributed by atoms with Crippen LogP contribution in [0, 0.1) is 0 Å². The lowest BCUT2D eigenvalue weighted by molar-refractivity contribution is 0.0933. The van der Waals surface area contributed by atoms with E-state index in [1.165, 1.54) is 12.5 Å². The van der Waals surface area contributed by atoms with Crippen molar-refractivity contribution in [2.45, 2.75) is 19.4 Å². The summed E-state index contributed by atoms with van der Waals surface area (Å²) < 4.78 is 0.690. The number of carbonyl (C=O) groups excluding carboxylic acids is 1. The summed E-state index contributed by atoms with van der Waals surface area (Å²) in [7, 11) is 0. The highest BCUT2D eigenvalue weighted by molar-refractivity contribution is 9.10. The van der Waals surface area contributed by atoms with E-state index in [4.69, 9.17) is 11.6 Å². The molecule has 2 N–H and O–H groups in total. The molecule has 6 nitrogen and oxygen atoms in total. The molecule has 2 aromatic rings. The zero-order valence-electron chi connectivity index (χ0n) is 10.0. The minimum atomic E-state index is -0.304. The summed E-state index contributed by atoms with van der Waals surface area (Å²) in [5, 5.41) is 9.50. The largest absolute Gasteiger partial charge is 0.342 e. The molecule has 0 aliphatic heterocycles. The number of carbonyl (C=O) groups is 1. The number of hydrogen-bond donors (Lipinski definition) is 2. The van der Waals surface area contributed by atoms with E-state index in [1.807, 2.05) is 6.92 Å². The molecule has 0 fully saturated rings. The summed E-state index contributed by atoms with van der Waals surface area (Å²) in [4.78, 5) is 20.1. The van der Waals surface area contributed by atoms with Gasteiger partial charge in [-0.3, -0.25) is 9.89 Å². The second-order valence-corrected chi connectivity index (χ2v) is 5.07. The topological polar surface area (TPSA) is 83.6 Å². The van der Waals surface area contributed by atoms with Crippen molar-refractivity contribution in [1.82, 2.24) is 25.5 Å². The highest BCUT2D eigenvalue weighted by Crippen LogP contribution is 2.19. The molecule has 8 heteroatoms. The fourth-order valence-electron chi connectivity index (χ4n) is 1.56. The molecule has 1 atom stereocenters. The van der Waals surface area contributed by atoms with Gasteiger partial charge in [-0.05, 0) is 28.4 Å². The predicted molar refractivity (Wildman–Crippen MR) is 73.8 cm³/mol. The van der Waals surface area contributed by atoms with Crippen molar-refractivity contribution < 1.29 is 4.79 Å². The molecule has 0 spiro atoms. The number of halogens is 2. The molecule has 0 saturated carbocycles. The zero-order valence-corrected chi connectivity index (χ0v) is 12.4. The first-order valence-corrected chi connectivity index (χ1v) is 6.76. The van der Waals surface area contributed by atoms with Gasteiger partial charge in [0.1, 0.15) is 17.3 Å². The van der Waals surface area contributed by atoms with Crippen LogP contribution in [0.5, 0.6) is 0 Å². The van der Waals surface area contributed by atoms with Crippen LogP contribution in [0.25, 0.3) is 0 Å². The zero-order chi connectivity index (χ0) is 13.8. The molecular weight excluding hydrogens is 334 g/mol. The Morgan fingerprint density at radius 2 is 2.37 bits per heavy atom. The van der Waals surface area contributed by atoms with Crippen LogP contribution in [0.4, 0.5) is 0 Å². The van der Waals surface area contributed by atoms with Gasteiger partial charge in [0.25, 0.3) is 5.91 Å². The Labute approximate surface area is 123 Å². The highest BCUT2D eigenvalue weighted by Gasteiger charge is 2.18. The molecule has 19 heavy (non-hydrogen) atoms. The molecule has 100 valence electrons. The van der Waals surface area contributed by atoms with E-state index in [1.54, 1.807) is 6.07 Å². The Morgan fingerprint density at radius 3 is 3.00 bits per heavy atom. The monoisotopic (exact) mass is 343 g/mol. The maximum Gasteiger partial charge on any atom is 0.255 e. The molecule has 2 rings (SSSR count). The lowest BCUT2D eigenvalue weighted by Crippen LogP contribution is -2.29. The summed E-state index contributed by atoms with van der Waals surface area (Å²) in [6.45, 7) is 1.94. The van der Waals surface area contributed by atoms with Crippen LogP contribution in [0.1, 0.15) is 35.6 Å². The van der Waals surface area contributed by atoms with Gasteiger partial charge in [-0.1, -0.05) is 18.5 Å². The number of nitrogens with one attached hydrogen (secondary N) is 2. The van der Waals surface area contributed by atoms with Gasteiger partial charge in [-0.2, -0.15) is 5.10 Å². The molecule has 2 aromatic heterocycles. The molecular formula is C11H11BrClN5O. The van der Waals surface area contributed by atoms with Crippen molar-refractivity contribution in [2.75, 3.05) is 0 Å². The molecule has 0 aromatic carbocycles. The number of pyridine rings is 1. The number of aromatic nitrogens is 4. The first kappa shape index (κ1) is 14.0. The smallest absolute Gasteiger partial charge is 0.255 e. The van der Waals surface area contributed by atoms with E-state index < -0.39 is 0 Å². The predicted octanol–water partition coefficient (Wildman–Crippen LogP) is 2.50. The Bertz CT molecular complexity index is 574. The van der Waals surface area contributed by atoms with Crippen molar-refractivity contribution in [3.05, 3.63) is 39.6 Å². The van der Waals surface area contributed by atoms with Crippen LogP contribution in [-0.2, 0) is 0 Å². The standard InChI is InChI=1S/C11H11BrClN5O/c1-2-8(10-15-5-16-18-10)17-11(19)7-3-6(12)4-14-9(7)13/h3-5,8H,2H2,1H3,(H,17,19)(H,15,16,18). The number of nitrogens with zero attached hydrogens (tertiary/aromatic N) is 3. The molecule has 1 amide bonds. The van der Waals surface area contributed by atoms with Gasteiger partial charge in [0.05, 0.1) is 11.6 Å². The third-order valence-electron chi connectivity index (χ3n) is 2.53. The molecule has 0 radical (unpaired) electrons. The summed E-state index contributed by atoms with van der Waals surface area (Å²) >= 11 is 9.17. The number of rotatable bonds is 4. The molecule has 1 unspecified atom stereocenters. The van der Waals surface area contributed by atoms with Crippen molar-refractivity contribution in [2.24, 2.45) is 0 Å². The van der Waals surface area contributed by atoms with Crippen LogP contribution >= 0.6 is 27.5 Å². The van der Waals surface area contributed by atoms with Gasteiger partial charge in [0.2, 0.25) is 0 Å². The summed E-state index contributed by atoms with van der Waals surface area (Å²) in [6, 6.07) is 1.38. The van der Waals surface area contributed by atoms with Gasteiger partial charge in [0.15, 0.2) is 0 Å². The van der Waals surface area contributed by atoms with Crippen LogP contribution < -0.4 is 5.32 Å². The average molecular weight is 345 g/mol. The van der Waals surface area contributed by atoms with Crippen LogP contribution in [0.3, 0.4) is 0 Å². The van der Waals surface area contributed by atoms with Gasteiger partial charge < -0.3 is 5.32 Å². The summed E-state index contributed by atoms with van der Waals surface area (Å²) in [5.41, 5.74) is 0.314. The van der Waals surface area contributed by atoms with Crippen molar-refractivity contribution in [3.63, 3.8) is 0 Å². The minimum absolute atomic E-state index is 0.160. The first-order chi connectivity index (χ1) is 9.11. The van der Waals surface area contributed by atoms with Gasteiger partial charge in [-0.25, -0.2) is 9.97 Å². The van der Waals surface area contributed by atoms with Crippen LogP contribution in [0.2, 0.25) is 5.15 Å². The van der Waals surface area contributed by atoms with Crippen molar-refractivity contribution in [1.29, 1.82) is 0 Å². The second kappa shape index (κ2) is 6.12. The second-order valence-electron chi connectivity index (χ2n) is 3.80. The van der Waals surface area contributed by atoms with Gasteiger partial charge in [-0.15, -0.1) is 0 Å². The fourth-order valence-corrected chi connectivity index (χ4v) is 2.08. The number of amides is 1. The van der Waals surface area contributed by atoms with E-state index in [0.717, 1.165) is 0 Å². The highest BCUT2D eigenvalue weighted by atomic mass is 79.9. The van der Waals surface area contributed by atoms with Crippen molar-refractivity contribution in [3.8, 4) is 0 Å². The van der Waals surface area contributed by atoms with E-state index in [9.17, 15) is 4.79 Å². The Morgan fingerprint density at radius 1 is 1.58 bits per heavy atom. The van der Waals surface area contributed by atoms with Gasteiger partial charge >= 0.3 is 0 Å². The van der Waals surface area contributed by atoms with Gasteiger partial charge in [0, 0.05) is 10.7 Å². The number of H-pyrrole nitrogens is 1. The average Bonchev–Trinajstić information content (AvgIpc) is 2.92. The van der Waals surface area contributed by atoms with Crippen LogP contribution in [-0.4, -0.2) is 26.1 Å². The van der Waals surface area contributed by atoms with E-state index in [2.05, 4.69) is 41.4 Å². The van der Waals surface area contributed by atoms with E-state index >= 15 is 0 Å². The lowest BCUT2D eigenvalue weighted by atomic mass is 10.2.